The summed E-state index contributed by atoms with van der Waals surface area (Å²) in [7, 11) is 0. The maximum Gasteiger partial charge on any atom is 0.270 e. The molecule has 4 rings (SSSR count). The first-order valence-electron chi connectivity index (χ1n) is 11.5. The number of rotatable bonds is 8. The monoisotopic (exact) mass is 443 g/mol. The largest absolute Gasteiger partial charge is 0.371 e. The van der Waals surface area contributed by atoms with Gasteiger partial charge < -0.3 is 10.2 Å². The molecule has 0 unspecified atom stereocenters. The Morgan fingerprint density at radius 2 is 1.52 bits per heavy atom. The maximum absolute atomic E-state index is 13.2. The van der Waals surface area contributed by atoms with Crippen LogP contribution in [0.5, 0.6) is 0 Å². The van der Waals surface area contributed by atoms with E-state index in [1.54, 1.807) is 6.07 Å². The van der Waals surface area contributed by atoms with Gasteiger partial charge in [0.2, 0.25) is 0 Å². The third kappa shape index (κ3) is 5.58. The molecule has 0 bridgehead atoms. The molecule has 6 heteroatoms. The molecule has 0 aliphatic carbocycles. The molecule has 0 aromatic heterocycles. The number of carbonyl (C=O) groups excluding carboxylic acids is 1. The normalized spacial score (nSPS) is 13.7. The lowest BCUT2D eigenvalue weighted by molar-refractivity contribution is -0.384. The quantitative estimate of drug-likeness (QED) is 0.366. The van der Waals surface area contributed by atoms with E-state index in [1.165, 1.54) is 29.7 Å². The number of anilines is 1. The van der Waals surface area contributed by atoms with Crippen molar-refractivity contribution in [2.75, 3.05) is 24.5 Å². The van der Waals surface area contributed by atoms with Gasteiger partial charge in [0.05, 0.1) is 16.2 Å². The number of hydrogen-bond acceptors (Lipinski definition) is 4. The van der Waals surface area contributed by atoms with Crippen molar-refractivity contribution in [3.05, 3.63) is 106 Å². The third-order valence-electron chi connectivity index (χ3n) is 6.25. The molecule has 0 spiro atoms. The summed E-state index contributed by atoms with van der Waals surface area (Å²) in [6, 6.07) is 25.1. The van der Waals surface area contributed by atoms with Gasteiger partial charge in [-0.15, -0.1) is 0 Å². The molecule has 1 aliphatic heterocycles. The second kappa shape index (κ2) is 10.8. The van der Waals surface area contributed by atoms with E-state index >= 15 is 0 Å². The van der Waals surface area contributed by atoms with Crippen LogP contribution in [0.15, 0.2) is 78.9 Å². The van der Waals surface area contributed by atoms with E-state index in [0.717, 1.165) is 38.0 Å². The molecule has 3 aromatic carbocycles. The molecule has 1 fully saturated rings. The summed E-state index contributed by atoms with van der Waals surface area (Å²) in [5.74, 6) is -0.112. The zero-order valence-electron chi connectivity index (χ0n) is 18.7. The lowest BCUT2D eigenvalue weighted by atomic mass is 9.88. The van der Waals surface area contributed by atoms with Crippen LogP contribution in [0.3, 0.4) is 0 Å². The number of carbonyl (C=O) groups is 1. The molecule has 170 valence electrons. The maximum atomic E-state index is 13.2. The van der Waals surface area contributed by atoms with Crippen molar-refractivity contribution in [3.8, 4) is 0 Å². The van der Waals surface area contributed by atoms with E-state index in [1.807, 2.05) is 36.4 Å². The summed E-state index contributed by atoms with van der Waals surface area (Å²) < 4.78 is 0. The highest BCUT2D eigenvalue weighted by Gasteiger charge is 2.22. The van der Waals surface area contributed by atoms with Gasteiger partial charge in [-0.2, -0.15) is 0 Å². The molecular weight excluding hydrogens is 414 g/mol. The Bertz CT molecular complexity index is 1040. The van der Waals surface area contributed by atoms with Gasteiger partial charge in [-0.25, -0.2) is 0 Å². The fraction of sp³-hybridized carbons (Fsp3) is 0.296. The number of hydrogen-bond donors (Lipinski definition) is 1. The van der Waals surface area contributed by atoms with E-state index in [9.17, 15) is 14.9 Å². The summed E-state index contributed by atoms with van der Waals surface area (Å²) in [6.45, 7) is 2.19. The topological polar surface area (TPSA) is 75.5 Å². The van der Waals surface area contributed by atoms with Crippen LogP contribution in [0.1, 0.15) is 53.1 Å². The average Bonchev–Trinajstić information content (AvgIpc) is 2.87. The molecular formula is C27H29N3O3. The summed E-state index contributed by atoms with van der Waals surface area (Å²) in [5, 5.41) is 14.4. The zero-order valence-corrected chi connectivity index (χ0v) is 18.7. The third-order valence-corrected chi connectivity index (χ3v) is 6.25. The van der Waals surface area contributed by atoms with Crippen molar-refractivity contribution in [2.24, 2.45) is 0 Å². The molecule has 1 saturated heterocycles. The first-order valence-corrected chi connectivity index (χ1v) is 11.5. The second-order valence-corrected chi connectivity index (χ2v) is 8.42. The van der Waals surface area contributed by atoms with Crippen molar-refractivity contribution >= 4 is 17.3 Å². The number of nitrogens with zero attached hydrogens (tertiary/aromatic N) is 2. The minimum absolute atomic E-state index is 0.0626. The standard InChI is InChI=1S/C27H29N3O3/c31-27(25-20-23(30(32)33)14-15-26(25)29-18-8-3-9-19-29)28-17-16-24(21-10-4-1-5-11-21)22-12-6-2-7-13-22/h1-2,4-7,10-15,20,24H,3,8-9,16-19H2,(H,28,31). The van der Waals surface area contributed by atoms with Gasteiger partial charge in [-0.1, -0.05) is 60.7 Å². The summed E-state index contributed by atoms with van der Waals surface area (Å²) >= 11 is 0. The van der Waals surface area contributed by atoms with Gasteiger partial charge in [0.15, 0.2) is 0 Å². The molecule has 0 saturated carbocycles. The first-order chi connectivity index (χ1) is 16.1. The molecule has 1 amide bonds. The Labute approximate surface area is 194 Å². The Hall–Kier alpha value is -3.67. The van der Waals surface area contributed by atoms with E-state index in [-0.39, 0.29) is 17.5 Å². The number of piperidine rings is 1. The number of nitro groups is 1. The molecule has 6 nitrogen and oxygen atoms in total. The number of non-ortho nitro benzene ring substituents is 1. The van der Waals surface area contributed by atoms with Crippen LogP contribution in [0.25, 0.3) is 0 Å². The SMILES string of the molecule is O=C(NCCC(c1ccccc1)c1ccccc1)c1cc([N+](=O)[O-])ccc1N1CCCCC1. The van der Waals surface area contributed by atoms with Crippen LogP contribution in [-0.4, -0.2) is 30.5 Å². The fourth-order valence-electron chi connectivity index (χ4n) is 4.55. The van der Waals surface area contributed by atoms with Crippen molar-refractivity contribution in [2.45, 2.75) is 31.6 Å². The zero-order chi connectivity index (χ0) is 23.0. The van der Waals surface area contributed by atoms with Crippen molar-refractivity contribution < 1.29 is 9.72 Å². The molecule has 33 heavy (non-hydrogen) atoms. The highest BCUT2D eigenvalue weighted by atomic mass is 16.6. The fourth-order valence-corrected chi connectivity index (χ4v) is 4.55. The Balaban J connectivity index is 1.51. The summed E-state index contributed by atoms with van der Waals surface area (Å²) in [6.07, 6.45) is 4.03. The average molecular weight is 444 g/mol. The van der Waals surface area contributed by atoms with Crippen LogP contribution in [0, 0.1) is 10.1 Å². The predicted octanol–water partition coefficient (Wildman–Crippen LogP) is 5.54. The Morgan fingerprint density at radius 1 is 0.909 bits per heavy atom. The molecule has 0 atom stereocenters. The second-order valence-electron chi connectivity index (χ2n) is 8.42. The number of nitrogens with one attached hydrogen (secondary N) is 1. The van der Waals surface area contributed by atoms with Crippen molar-refractivity contribution in [1.29, 1.82) is 0 Å². The number of amides is 1. The van der Waals surface area contributed by atoms with E-state index in [4.69, 9.17) is 0 Å². The van der Waals surface area contributed by atoms with Gasteiger partial charge in [-0.05, 0) is 42.9 Å². The Morgan fingerprint density at radius 3 is 2.09 bits per heavy atom. The minimum Gasteiger partial charge on any atom is -0.371 e. The van der Waals surface area contributed by atoms with Crippen LogP contribution in [0.4, 0.5) is 11.4 Å². The smallest absolute Gasteiger partial charge is 0.270 e. The lowest BCUT2D eigenvalue weighted by Gasteiger charge is -2.30. The molecule has 3 aromatic rings. The van der Waals surface area contributed by atoms with Crippen LogP contribution < -0.4 is 10.2 Å². The van der Waals surface area contributed by atoms with Gasteiger partial charge in [-0.3, -0.25) is 14.9 Å². The van der Waals surface area contributed by atoms with E-state index in [0.29, 0.717) is 12.1 Å². The van der Waals surface area contributed by atoms with Crippen LogP contribution in [0.2, 0.25) is 0 Å². The first kappa shape index (κ1) is 22.5. The summed E-state index contributed by atoms with van der Waals surface area (Å²) in [5.41, 5.74) is 3.49. The minimum atomic E-state index is -0.447. The molecule has 1 heterocycles. The molecule has 1 aliphatic rings. The van der Waals surface area contributed by atoms with Gasteiger partial charge in [0.25, 0.3) is 11.6 Å². The van der Waals surface area contributed by atoms with Crippen LogP contribution >= 0.6 is 0 Å². The number of benzene rings is 3. The van der Waals surface area contributed by atoms with E-state index < -0.39 is 4.92 Å². The predicted molar refractivity (Wildman–Crippen MR) is 131 cm³/mol. The molecule has 1 N–H and O–H groups in total. The van der Waals surface area contributed by atoms with Gasteiger partial charge in [0, 0.05) is 37.7 Å². The van der Waals surface area contributed by atoms with E-state index in [2.05, 4.69) is 34.5 Å². The highest BCUT2D eigenvalue weighted by molar-refractivity contribution is 6.00. The van der Waals surface area contributed by atoms with Gasteiger partial charge >= 0.3 is 0 Å². The molecule has 0 radical (unpaired) electrons. The summed E-state index contributed by atoms with van der Waals surface area (Å²) in [4.78, 5) is 26.2. The lowest BCUT2D eigenvalue weighted by Crippen LogP contribution is -2.33. The van der Waals surface area contributed by atoms with Crippen molar-refractivity contribution in [3.63, 3.8) is 0 Å². The highest BCUT2D eigenvalue weighted by Crippen LogP contribution is 2.29. The van der Waals surface area contributed by atoms with Crippen molar-refractivity contribution in [1.82, 2.24) is 5.32 Å². The van der Waals surface area contributed by atoms with Crippen LogP contribution in [-0.2, 0) is 0 Å². The van der Waals surface area contributed by atoms with Gasteiger partial charge in [0.1, 0.15) is 0 Å². The Kier molecular flexibility index (Phi) is 7.35. The number of nitro benzene ring substituents is 1.